The van der Waals surface area contributed by atoms with Gasteiger partial charge >= 0.3 is 0 Å². The molecule has 0 saturated carbocycles. The maximum Gasteiger partial charge on any atom is 0.0558 e. The van der Waals surface area contributed by atoms with Crippen LogP contribution in [0.15, 0.2) is 0 Å². The van der Waals surface area contributed by atoms with Crippen molar-refractivity contribution in [1.29, 1.82) is 0 Å². The van der Waals surface area contributed by atoms with E-state index in [4.69, 9.17) is 4.74 Å². The Balaban J connectivity index is 3.95. The Morgan fingerprint density at radius 2 is 1.67 bits per heavy atom. The maximum atomic E-state index is 5.25. The summed E-state index contributed by atoms with van der Waals surface area (Å²) in [5.41, 5.74) is 0. The molecule has 2 atom stereocenters. The molecule has 2 heteroatoms. The molecule has 0 N–H and O–H groups in total. The molecule has 0 radical (unpaired) electrons. The Labute approximate surface area is 76.9 Å². The van der Waals surface area contributed by atoms with E-state index in [1.54, 1.807) is 7.11 Å². The van der Waals surface area contributed by atoms with Crippen LogP contribution in [0, 0.1) is 5.92 Å². The highest BCUT2D eigenvalue weighted by molar-refractivity contribution is 4.72. The summed E-state index contributed by atoms with van der Waals surface area (Å²) in [5, 5.41) is 0. The van der Waals surface area contributed by atoms with Crippen molar-refractivity contribution in [2.24, 2.45) is 5.92 Å². The van der Waals surface area contributed by atoms with Crippen LogP contribution in [-0.4, -0.2) is 38.3 Å². The number of hydrogen-bond donors (Lipinski definition) is 0. The SMILES string of the molecule is COC(C)CC(C(C)C)N(C)C. The zero-order valence-electron chi connectivity index (χ0n) is 9.29. The largest absolute Gasteiger partial charge is 0.382 e. The van der Waals surface area contributed by atoms with Crippen molar-refractivity contribution >= 4 is 0 Å². The van der Waals surface area contributed by atoms with Gasteiger partial charge in [0.15, 0.2) is 0 Å². The van der Waals surface area contributed by atoms with Gasteiger partial charge in [0.05, 0.1) is 6.10 Å². The molecule has 0 heterocycles. The highest BCUT2D eigenvalue weighted by Crippen LogP contribution is 2.14. The van der Waals surface area contributed by atoms with Crippen molar-refractivity contribution in [1.82, 2.24) is 4.90 Å². The minimum absolute atomic E-state index is 0.361. The van der Waals surface area contributed by atoms with Crippen LogP contribution in [0.4, 0.5) is 0 Å². The van der Waals surface area contributed by atoms with Crippen LogP contribution in [0.2, 0.25) is 0 Å². The van der Waals surface area contributed by atoms with Gasteiger partial charge in [0, 0.05) is 13.2 Å². The molecule has 0 aliphatic rings. The van der Waals surface area contributed by atoms with Gasteiger partial charge in [0.2, 0.25) is 0 Å². The molecule has 12 heavy (non-hydrogen) atoms. The molecule has 0 amide bonds. The minimum Gasteiger partial charge on any atom is -0.382 e. The van der Waals surface area contributed by atoms with Gasteiger partial charge in [-0.1, -0.05) is 13.8 Å². The Kier molecular flexibility index (Phi) is 5.51. The van der Waals surface area contributed by atoms with Crippen molar-refractivity contribution in [3.8, 4) is 0 Å². The first kappa shape index (κ1) is 11.9. The number of methoxy groups -OCH3 is 1. The third-order valence-electron chi connectivity index (χ3n) is 2.41. The molecule has 2 unspecified atom stereocenters. The molecule has 0 aliphatic heterocycles. The molecule has 0 saturated heterocycles. The van der Waals surface area contributed by atoms with Crippen LogP contribution < -0.4 is 0 Å². The molecule has 0 bridgehead atoms. The lowest BCUT2D eigenvalue weighted by atomic mass is 9.97. The van der Waals surface area contributed by atoms with E-state index in [1.807, 2.05) is 0 Å². The molecule has 0 aromatic rings. The van der Waals surface area contributed by atoms with E-state index in [0.717, 1.165) is 6.42 Å². The first-order valence-electron chi connectivity index (χ1n) is 4.68. The van der Waals surface area contributed by atoms with Crippen LogP contribution in [0.25, 0.3) is 0 Å². The lowest BCUT2D eigenvalue weighted by Gasteiger charge is -2.29. The average molecular weight is 173 g/mol. The molecular formula is C10H23NO. The number of rotatable bonds is 5. The molecule has 2 nitrogen and oxygen atoms in total. The standard InChI is InChI=1S/C10H23NO/c1-8(2)10(11(4)5)7-9(3)12-6/h8-10H,7H2,1-6H3. The van der Waals surface area contributed by atoms with Gasteiger partial charge in [-0.15, -0.1) is 0 Å². The van der Waals surface area contributed by atoms with Gasteiger partial charge in [-0.05, 0) is 33.4 Å². The van der Waals surface area contributed by atoms with E-state index in [-0.39, 0.29) is 0 Å². The summed E-state index contributed by atoms with van der Waals surface area (Å²) in [7, 11) is 6.04. The van der Waals surface area contributed by atoms with Crippen molar-refractivity contribution in [3.63, 3.8) is 0 Å². The van der Waals surface area contributed by atoms with Gasteiger partial charge < -0.3 is 9.64 Å². The molecule has 74 valence electrons. The van der Waals surface area contributed by atoms with E-state index in [0.29, 0.717) is 18.1 Å². The van der Waals surface area contributed by atoms with Gasteiger partial charge in [0.25, 0.3) is 0 Å². The quantitative estimate of drug-likeness (QED) is 0.630. The topological polar surface area (TPSA) is 12.5 Å². The summed E-state index contributed by atoms with van der Waals surface area (Å²) in [6.07, 6.45) is 1.47. The fraction of sp³-hybridized carbons (Fsp3) is 1.00. The van der Waals surface area contributed by atoms with Crippen LogP contribution >= 0.6 is 0 Å². The molecular weight excluding hydrogens is 150 g/mol. The summed E-state index contributed by atoms with van der Waals surface area (Å²) < 4.78 is 5.25. The first-order chi connectivity index (χ1) is 5.49. The number of hydrogen-bond acceptors (Lipinski definition) is 2. The molecule has 0 aromatic carbocycles. The van der Waals surface area contributed by atoms with Crippen molar-refractivity contribution < 1.29 is 4.74 Å². The predicted molar refractivity (Wildman–Crippen MR) is 53.4 cm³/mol. The average Bonchev–Trinajstić information content (AvgIpc) is 1.98. The van der Waals surface area contributed by atoms with Crippen molar-refractivity contribution in [3.05, 3.63) is 0 Å². The van der Waals surface area contributed by atoms with E-state index in [2.05, 4.69) is 39.8 Å². The van der Waals surface area contributed by atoms with Gasteiger partial charge in [-0.2, -0.15) is 0 Å². The second kappa shape index (κ2) is 5.55. The Morgan fingerprint density at radius 3 is 1.92 bits per heavy atom. The van der Waals surface area contributed by atoms with Gasteiger partial charge in [0.1, 0.15) is 0 Å². The zero-order valence-corrected chi connectivity index (χ0v) is 9.29. The van der Waals surface area contributed by atoms with Crippen LogP contribution in [0.1, 0.15) is 27.2 Å². The summed E-state index contributed by atoms with van der Waals surface area (Å²) in [4.78, 5) is 2.28. The van der Waals surface area contributed by atoms with E-state index < -0.39 is 0 Å². The molecule has 0 aliphatic carbocycles. The summed E-state index contributed by atoms with van der Waals surface area (Å²) in [5.74, 6) is 0.692. The van der Waals surface area contributed by atoms with Crippen LogP contribution in [0.3, 0.4) is 0 Å². The number of ether oxygens (including phenoxy) is 1. The highest BCUT2D eigenvalue weighted by Gasteiger charge is 2.18. The summed E-state index contributed by atoms with van der Waals surface area (Å²) >= 11 is 0. The molecule has 0 fully saturated rings. The van der Waals surface area contributed by atoms with Crippen LogP contribution in [-0.2, 0) is 4.74 Å². The normalized spacial score (nSPS) is 17.0. The maximum absolute atomic E-state index is 5.25. The van der Waals surface area contributed by atoms with E-state index in [9.17, 15) is 0 Å². The van der Waals surface area contributed by atoms with Crippen molar-refractivity contribution in [2.75, 3.05) is 21.2 Å². The summed E-state index contributed by atoms with van der Waals surface area (Å²) in [6.45, 7) is 6.64. The van der Waals surface area contributed by atoms with Gasteiger partial charge in [-0.25, -0.2) is 0 Å². The lowest BCUT2D eigenvalue weighted by molar-refractivity contribution is 0.0729. The second-order valence-electron chi connectivity index (χ2n) is 4.06. The third-order valence-corrected chi connectivity index (χ3v) is 2.41. The number of nitrogens with zero attached hydrogens (tertiary/aromatic N) is 1. The monoisotopic (exact) mass is 173 g/mol. The van der Waals surface area contributed by atoms with E-state index in [1.165, 1.54) is 0 Å². The molecule has 0 aromatic heterocycles. The fourth-order valence-electron chi connectivity index (χ4n) is 1.52. The van der Waals surface area contributed by atoms with Crippen LogP contribution in [0.5, 0.6) is 0 Å². The highest BCUT2D eigenvalue weighted by atomic mass is 16.5. The molecule has 0 rings (SSSR count). The first-order valence-corrected chi connectivity index (χ1v) is 4.68. The Morgan fingerprint density at radius 1 is 1.17 bits per heavy atom. The Hall–Kier alpha value is -0.0800. The third kappa shape index (κ3) is 4.07. The summed E-state index contributed by atoms with van der Waals surface area (Å²) in [6, 6.07) is 0.625. The van der Waals surface area contributed by atoms with Crippen molar-refractivity contribution in [2.45, 2.75) is 39.3 Å². The smallest absolute Gasteiger partial charge is 0.0558 e. The minimum atomic E-state index is 0.361. The Bertz CT molecular complexity index is 104. The second-order valence-corrected chi connectivity index (χ2v) is 4.06. The fourth-order valence-corrected chi connectivity index (χ4v) is 1.52. The van der Waals surface area contributed by atoms with Gasteiger partial charge in [-0.3, -0.25) is 0 Å². The predicted octanol–water partition coefficient (Wildman–Crippen LogP) is 2.00. The lowest BCUT2D eigenvalue weighted by Crippen LogP contribution is -2.35. The van der Waals surface area contributed by atoms with E-state index >= 15 is 0 Å². The zero-order chi connectivity index (χ0) is 9.72. The molecule has 0 spiro atoms.